The van der Waals surface area contributed by atoms with Gasteiger partial charge in [-0.3, -0.25) is 0 Å². The number of rotatable bonds is 3. The first-order valence-corrected chi connectivity index (χ1v) is 6.76. The van der Waals surface area contributed by atoms with Crippen LogP contribution in [0.5, 0.6) is 0 Å². The van der Waals surface area contributed by atoms with E-state index in [1.807, 2.05) is 0 Å². The number of nitrogens with zero attached hydrogens (tertiary/aromatic N) is 2. The second-order valence-electron chi connectivity index (χ2n) is 4.91. The van der Waals surface area contributed by atoms with Crippen molar-refractivity contribution in [2.45, 2.75) is 12.1 Å². The first-order chi connectivity index (χ1) is 10.6. The highest BCUT2D eigenvalue weighted by Crippen LogP contribution is 2.42. The third kappa shape index (κ3) is 2.74. The van der Waals surface area contributed by atoms with Gasteiger partial charge in [0.05, 0.1) is 12.0 Å². The fraction of sp³-hybridized carbons (Fsp3) is 0.118. The number of aromatic nitrogens is 2. The Kier molecular flexibility index (Phi) is 3.71. The zero-order valence-electron chi connectivity index (χ0n) is 11.5. The van der Waals surface area contributed by atoms with Crippen molar-refractivity contribution < 1.29 is 13.2 Å². The molecule has 112 valence electrons. The molecule has 1 aromatic heterocycles. The minimum Gasteiger partial charge on any atom is -0.306 e. The van der Waals surface area contributed by atoms with E-state index in [1.54, 1.807) is 53.4 Å². The highest BCUT2D eigenvalue weighted by Gasteiger charge is 2.42. The van der Waals surface area contributed by atoms with E-state index in [0.29, 0.717) is 5.69 Å². The van der Waals surface area contributed by atoms with Crippen LogP contribution in [-0.2, 0) is 0 Å². The lowest BCUT2D eigenvalue weighted by atomic mass is 9.89. The van der Waals surface area contributed by atoms with E-state index in [0.717, 1.165) is 0 Å². The van der Waals surface area contributed by atoms with E-state index < -0.39 is 12.1 Å². The van der Waals surface area contributed by atoms with Gasteiger partial charge in [0.2, 0.25) is 0 Å². The van der Waals surface area contributed by atoms with Gasteiger partial charge in [-0.1, -0.05) is 48.5 Å². The second kappa shape index (κ2) is 5.67. The fourth-order valence-electron chi connectivity index (χ4n) is 2.56. The normalized spacial score (nSPS) is 13.0. The Labute approximate surface area is 125 Å². The Morgan fingerprint density at radius 3 is 2.23 bits per heavy atom. The third-order valence-electron chi connectivity index (χ3n) is 3.49. The van der Waals surface area contributed by atoms with Crippen LogP contribution in [-0.4, -0.2) is 15.7 Å². The molecule has 3 aromatic rings. The summed E-state index contributed by atoms with van der Waals surface area (Å²) in [6, 6.07) is 14.5. The van der Waals surface area contributed by atoms with Crippen LogP contribution in [0.4, 0.5) is 13.2 Å². The van der Waals surface area contributed by atoms with Crippen molar-refractivity contribution in [1.82, 2.24) is 9.55 Å². The molecule has 0 fully saturated rings. The third-order valence-corrected chi connectivity index (χ3v) is 3.49. The van der Waals surface area contributed by atoms with Gasteiger partial charge in [-0.15, -0.1) is 0 Å². The first kappa shape index (κ1) is 14.4. The number of para-hydroxylation sites is 1. The minimum atomic E-state index is -4.38. The van der Waals surface area contributed by atoms with Crippen molar-refractivity contribution in [3.05, 3.63) is 84.4 Å². The maximum atomic E-state index is 13.7. The summed E-state index contributed by atoms with van der Waals surface area (Å²) in [4.78, 5) is 3.92. The quantitative estimate of drug-likeness (QED) is 0.693. The molecule has 22 heavy (non-hydrogen) atoms. The summed E-state index contributed by atoms with van der Waals surface area (Å²) in [6.07, 6.45) is 0.300. The average Bonchev–Trinajstić information content (AvgIpc) is 3.02. The molecule has 0 spiro atoms. The van der Waals surface area contributed by atoms with E-state index in [4.69, 9.17) is 0 Å². The molecule has 1 heterocycles. The number of hydrogen-bond acceptors (Lipinski definition) is 1. The van der Waals surface area contributed by atoms with Crippen LogP contribution in [0.2, 0.25) is 0 Å². The number of halogens is 3. The minimum absolute atomic E-state index is 0.208. The van der Waals surface area contributed by atoms with Crippen LogP contribution < -0.4 is 0 Å². The largest absolute Gasteiger partial charge is 0.399 e. The molecule has 0 saturated heterocycles. The number of alkyl halides is 3. The molecule has 3 rings (SSSR count). The van der Waals surface area contributed by atoms with Gasteiger partial charge in [-0.2, -0.15) is 13.2 Å². The molecule has 0 aliphatic heterocycles. The molecule has 0 aliphatic carbocycles. The van der Waals surface area contributed by atoms with Crippen molar-refractivity contribution in [2.75, 3.05) is 0 Å². The lowest BCUT2D eigenvalue weighted by molar-refractivity contribution is -0.141. The first-order valence-electron chi connectivity index (χ1n) is 6.76. The second-order valence-corrected chi connectivity index (χ2v) is 4.91. The highest BCUT2D eigenvalue weighted by molar-refractivity contribution is 5.48. The SMILES string of the molecule is FC(F)(F)C(c1ccccc1)c1ccccc1-n1ccnc1. The van der Waals surface area contributed by atoms with Crippen molar-refractivity contribution in [1.29, 1.82) is 0 Å². The molecule has 2 nitrogen and oxygen atoms in total. The van der Waals surface area contributed by atoms with Gasteiger partial charge in [-0.25, -0.2) is 4.98 Å². The topological polar surface area (TPSA) is 17.8 Å². The predicted octanol–water partition coefficient (Wildman–Crippen LogP) is 4.57. The number of hydrogen-bond donors (Lipinski definition) is 0. The summed E-state index contributed by atoms with van der Waals surface area (Å²) < 4.78 is 42.7. The molecular weight excluding hydrogens is 289 g/mol. The standard InChI is InChI=1S/C17H13F3N2/c18-17(19,20)16(13-6-2-1-3-7-13)14-8-4-5-9-15(14)22-11-10-21-12-22/h1-12,16H. The highest BCUT2D eigenvalue weighted by atomic mass is 19.4. The molecule has 0 bridgehead atoms. The van der Waals surface area contributed by atoms with Crippen molar-refractivity contribution >= 4 is 0 Å². The maximum Gasteiger partial charge on any atom is 0.399 e. The van der Waals surface area contributed by atoms with E-state index >= 15 is 0 Å². The van der Waals surface area contributed by atoms with Gasteiger partial charge in [0.25, 0.3) is 0 Å². The van der Waals surface area contributed by atoms with E-state index in [-0.39, 0.29) is 11.1 Å². The van der Waals surface area contributed by atoms with Crippen LogP contribution in [0.1, 0.15) is 17.0 Å². The Bertz CT molecular complexity index is 734. The van der Waals surface area contributed by atoms with Gasteiger partial charge >= 0.3 is 6.18 Å². The van der Waals surface area contributed by atoms with Gasteiger partial charge in [-0.05, 0) is 17.2 Å². The smallest absolute Gasteiger partial charge is 0.306 e. The Hall–Kier alpha value is -2.56. The van der Waals surface area contributed by atoms with Crippen LogP contribution in [0.25, 0.3) is 5.69 Å². The fourth-order valence-corrected chi connectivity index (χ4v) is 2.56. The molecule has 1 atom stereocenters. The summed E-state index contributed by atoms with van der Waals surface area (Å²) in [5, 5.41) is 0. The average molecular weight is 302 g/mol. The summed E-state index contributed by atoms with van der Waals surface area (Å²) >= 11 is 0. The van der Waals surface area contributed by atoms with E-state index in [2.05, 4.69) is 4.98 Å². The molecular formula is C17H13F3N2. The van der Waals surface area contributed by atoms with Crippen LogP contribution in [0.15, 0.2) is 73.3 Å². The summed E-state index contributed by atoms with van der Waals surface area (Å²) in [5.41, 5.74) is 0.910. The van der Waals surface area contributed by atoms with Gasteiger partial charge < -0.3 is 4.57 Å². The molecule has 2 aromatic carbocycles. The molecule has 0 saturated carbocycles. The molecule has 0 amide bonds. The van der Waals surface area contributed by atoms with E-state index in [9.17, 15) is 13.2 Å². The Balaban J connectivity index is 2.18. The molecule has 5 heteroatoms. The molecule has 0 radical (unpaired) electrons. The Morgan fingerprint density at radius 2 is 1.59 bits per heavy atom. The van der Waals surface area contributed by atoms with E-state index in [1.165, 1.54) is 24.5 Å². The van der Waals surface area contributed by atoms with Crippen LogP contribution in [0, 0.1) is 0 Å². The summed E-state index contributed by atoms with van der Waals surface area (Å²) in [5.74, 6) is -1.67. The zero-order chi connectivity index (χ0) is 15.6. The van der Waals surface area contributed by atoms with Crippen LogP contribution >= 0.6 is 0 Å². The summed E-state index contributed by atoms with van der Waals surface area (Å²) in [6.45, 7) is 0. The zero-order valence-corrected chi connectivity index (χ0v) is 11.5. The number of benzene rings is 2. The lowest BCUT2D eigenvalue weighted by Crippen LogP contribution is -2.23. The van der Waals surface area contributed by atoms with Gasteiger partial charge in [0, 0.05) is 12.4 Å². The van der Waals surface area contributed by atoms with Crippen molar-refractivity contribution in [3.63, 3.8) is 0 Å². The van der Waals surface area contributed by atoms with Crippen LogP contribution in [0.3, 0.4) is 0 Å². The molecule has 1 unspecified atom stereocenters. The lowest BCUT2D eigenvalue weighted by Gasteiger charge is -2.23. The molecule has 0 aliphatic rings. The van der Waals surface area contributed by atoms with Gasteiger partial charge in [0.15, 0.2) is 0 Å². The van der Waals surface area contributed by atoms with Crippen molar-refractivity contribution in [3.8, 4) is 5.69 Å². The monoisotopic (exact) mass is 302 g/mol. The molecule has 0 N–H and O–H groups in total. The number of imidazole rings is 1. The Morgan fingerprint density at radius 1 is 0.909 bits per heavy atom. The summed E-state index contributed by atoms with van der Waals surface area (Å²) in [7, 11) is 0. The maximum absolute atomic E-state index is 13.7. The predicted molar refractivity (Wildman–Crippen MR) is 77.9 cm³/mol. The van der Waals surface area contributed by atoms with Gasteiger partial charge in [0.1, 0.15) is 5.92 Å². The van der Waals surface area contributed by atoms with Crippen molar-refractivity contribution in [2.24, 2.45) is 0 Å².